The molecule has 1 aliphatic carbocycles. The third-order valence-corrected chi connectivity index (χ3v) is 8.88. The third kappa shape index (κ3) is 5.90. The molecule has 2 amide bonds. The summed E-state index contributed by atoms with van der Waals surface area (Å²) in [6.07, 6.45) is 4.71. The lowest BCUT2D eigenvalue weighted by Crippen LogP contribution is -2.47. The number of carbonyl (C=O) groups excluding carboxylic acids is 2. The summed E-state index contributed by atoms with van der Waals surface area (Å²) in [6.45, 7) is 4.63. The van der Waals surface area contributed by atoms with Crippen LogP contribution in [0.5, 0.6) is 0 Å². The van der Waals surface area contributed by atoms with Crippen molar-refractivity contribution in [3.63, 3.8) is 0 Å². The van der Waals surface area contributed by atoms with Gasteiger partial charge in [-0.3, -0.25) is 9.59 Å². The van der Waals surface area contributed by atoms with Crippen LogP contribution in [0.3, 0.4) is 0 Å². The van der Waals surface area contributed by atoms with Crippen LogP contribution in [-0.4, -0.2) is 66.0 Å². The second-order valence-electron chi connectivity index (χ2n) is 11.7. The van der Waals surface area contributed by atoms with Gasteiger partial charge in [-0.2, -0.15) is 0 Å². The number of hydrogen-bond donors (Lipinski definition) is 2. The fourth-order valence-corrected chi connectivity index (χ4v) is 6.44. The zero-order chi connectivity index (χ0) is 28.9. The Morgan fingerprint density at radius 1 is 0.833 bits per heavy atom. The fraction of sp³-hybridized carbons (Fsp3) is 0.382. The Morgan fingerprint density at radius 3 is 2.26 bits per heavy atom. The van der Waals surface area contributed by atoms with Gasteiger partial charge in [0.15, 0.2) is 0 Å². The maximum atomic E-state index is 13.7. The first kappa shape index (κ1) is 28.0. The Bertz CT molecular complexity index is 1520. The van der Waals surface area contributed by atoms with Crippen molar-refractivity contribution >= 4 is 34.5 Å². The molecule has 0 spiro atoms. The molecule has 1 aromatic heterocycles. The number of fused-ring (bicyclic) bond motifs is 1. The Morgan fingerprint density at radius 2 is 1.52 bits per heavy atom. The Labute approximate surface area is 247 Å². The molecule has 0 bridgehead atoms. The van der Waals surface area contributed by atoms with Crippen molar-refractivity contribution in [3.05, 3.63) is 90.0 Å². The van der Waals surface area contributed by atoms with Crippen molar-refractivity contribution in [3.8, 4) is 0 Å². The van der Waals surface area contributed by atoms with Crippen LogP contribution >= 0.6 is 0 Å². The van der Waals surface area contributed by atoms with Crippen LogP contribution in [0, 0.1) is 0 Å². The minimum atomic E-state index is -0.615. The van der Waals surface area contributed by atoms with Gasteiger partial charge in [0.25, 0.3) is 0 Å². The third-order valence-electron chi connectivity index (χ3n) is 8.88. The van der Waals surface area contributed by atoms with Crippen LogP contribution in [0.25, 0.3) is 11.0 Å². The topological polar surface area (TPSA) is 82.5 Å². The van der Waals surface area contributed by atoms with Gasteiger partial charge in [0.1, 0.15) is 0 Å². The molecule has 0 atom stereocenters. The summed E-state index contributed by atoms with van der Waals surface area (Å²) in [5, 5.41) is 5.81. The Kier molecular flexibility index (Phi) is 8.24. The number of amides is 2. The molecule has 8 heteroatoms. The molecule has 8 nitrogen and oxygen atoms in total. The zero-order valence-electron chi connectivity index (χ0n) is 24.4. The number of hydrogen-bond acceptors (Lipinski definition) is 5. The van der Waals surface area contributed by atoms with E-state index in [1.165, 1.54) is 5.56 Å². The van der Waals surface area contributed by atoms with Crippen LogP contribution in [-0.2, 0) is 21.5 Å². The number of nitrogens with zero attached hydrogens (tertiary/aromatic N) is 4. The number of nitrogens with one attached hydrogen (secondary N) is 2. The van der Waals surface area contributed by atoms with Crippen LogP contribution in [0.4, 0.5) is 11.6 Å². The molecule has 0 unspecified atom stereocenters. The summed E-state index contributed by atoms with van der Waals surface area (Å²) >= 11 is 0. The molecule has 1 saturated carbocycles. The van der Waals surface area contributed by atoms with Gasteiger partial charge in [-0.25, -0.2) is 4.98 Å². The number of imidazole rings is 1. The van der Waals surface area contributed by atoms with E-state index in [1.807, 2.05) is 36.4 Å². The highest BCUT2D eigenvalue weighted by atomic mass is 16.2. The van der Waals surface area contributed by atoms with E-state index in [0.717, 1.165) is 86.5 Å². The van der Waals surface area contributed by atoms with Crippen LogP contribution in [0.2, 0.25) is 0 Å². The lowest BCUT2D eigenvalue weighted by atomic mass is 9.68. The second-order valence-corrected chi connectivity index (χ2v) is 11.7. The van der Waals surface area contributed by atoms with E-state index >= 15 is 0 Å². The van der Waals surface area contributed by atoms with Crippen molar-refractivity contribution < 1.29 is 9.59 Å². The Balaban J connectivity index is 1.20. The van der Waals surface area contributed by atoms with Gasteiger partial charge < -0.3 is 25.0 Å². The van der Waals surface area contributed by atoms with Crippen molar-refractivity contribution in [2.75, 3.05) is 50.0 Å². The number of likely N-dealkylation sites (N-methyl/N-ethyl adjacent to an activating group) is 1. The van der Waals surface area contributed by atoms with E-state index in [1.54, 1.807) is 0 Å². The van der Waals surface area contributed by atoms with E-state index in [4.69, 9.17) is 4.98 Å². The molecule has 2 N–H and O–H groups in total. The number of rotatable bonds is 8. The first-order chi connectivity index (χ1) is 20.5. The van der Waals surface area contributed by atoms with Gasteiger partial charge in [0.05, 0.1) is 29.5 Å². The Hall–Kier alpha value is -4.17. The minimum absolute atomic E-state index is 0.0453. The quantitative estimate of drug-likeness (QED) is 0.322. The number of para-hydroxylation sites is 3. The molecule has 1 aliphatic heterocycles. The first-order valence-electron chi connectivity index (χ1n) is 15.1. The predicted molar refractivity (Wildman–Crippen MR) is 168 cm³/mol. The van der Waals surface area contributed by atoms with E-state index in [0.29, 0.717) is 6.54 Å². The fourth-order valence-electron chi connectivity index (χ4n) is 6.44. The summed E-state index contributed by atoms with van der Waals surface area (Å²) in [4.78, 5) is 36.0. The zero-order valence-corrected chi connectivity index (χ0v) is 24.4. The van der Waals surface area contributed by atoms with E-state index in [9.17, 15) is 9.59 Å². The van der Waals surface area contributed by atoms with Gasteiger partial charge in [0, 0.05) is 31.9 Å². The van der Waals surface area contributed by atoms with E-state index < -0.39 is 5.41 Å². The number of carbonyl (C=O) groups is 2. The molecule has 218 valence electrons. The van der Waals surface area contributed by atoms with Crippen LogP contribution < -0.4 is 15.5 Å². The van der Waals surface area contributed by atoms with Crippen LogP contribution in [0.1, 0.15) is 43.2 Å². The van der Waals surface area contributed by atoms with Crippen molar-refractivity contribution in [1.82, 2.24) is 19.8 Å². The molecule has 4 aromatic rings. The highest BCUT2D eigenvalue weighted by Gasteiger charge is 2.41. The summed E-state index contributed by atoms with van der Waals surface area (Å²) in [7, 11) is 2.17. The maximum absolute atomic E-state index is 13.7. The predicted octanol–water partition coefficient (Wildman–Crippen LogP) is 4.79. The van der Waals surface area contributed by atoms with E-state index in [2.05, 4.69) is 74.5 Å². The lowest BCUT2D eigenvalue weighted by molar-refractivity contribution is -0.129. The summed E-state index contributed by atoms with van der Waals surface area (Å²) in [5.41, 5.74) is 4.45. The SMILES string of the molecule is CN1CCN(c2nc3ccccc3n2Cc2ccc(C3(C(=O)NCC(=O)Nc4ccccc4)CCCCC3)cc2)CC1. The molecule has 0 radical (unpaired) electrons. The van der Waals surface area contributed by atoms with Crippen LogP contribution in [0.15, 0.2) is 78.9 Å². The molecule has 1 saturated heterocycles. The standard InChI is InChI=1S/C34H40N6O2/c1-38-20-22-39(23-21-38)33-37-29-12-6-7-13-30(29)40(33)25-26-14-16-27(17-15-26)34(18-8-3-9-19-34)32(42)35-24-31(41)36-28-10-4-2-5-11-28/h2,4-7,10-17H,3,8-9,18-25H2,1H3,(H,35,42)(H,36,41). The van der Waals surface area contributed by atoms with Crippen molar-refractivity contribution in [2.45, 2.75) is 44.1 Å². The molecule has 6 rings (SSSR count). The van der Waals surface area contributed by atoms with Gasteiger partial charge in [-0.15, -0.1) is 0 Å². The minimum Gasteiger partial charge on any atom is -0.346 e. The second kappa shape index (κ2) is 12.4. The van der Waals surface area contributed by atoms with Gasteiger partial charge in [-0.05, 0) is 55.3 Å². The first-order valence-corrected chi connectivity index (χ1v) is 15.1. The van der Waals surface area contributed by atoms with Crippen molar-refractivity contribution in [1.29, 1.82) is 0 Å². The molecule has 2 fully saturated rings. The van der Waals surface area contributed by atoms with Crippen molar-refractivity contribution in [2.24, 2.45) is 0 Å². The van der Waals surface area contributed by atoms with E-state index in [-0.39, 0.29) is 18.4 Å². The number of piperazine rings is 1. The average Bonchev–Trinajstić information content (AvgIpc) is 3.39. The number of anilines is 2. The van der Waals surface area contributed by atoms with Gasteiger partial charge >= 0.3 is 0 Å². The average molecular weight is 565 g/mol. The summed E-state index contributed by atoms with van der Waals surface area (Å²) < 4.78 is 2.32. The smallest absolute Gasteiger partial charge is 0.243 e. The number of aromatic nitrogens is 2. The summed E-state index contributed by atoms with van der Waals surface area (Å²) in [5.74, 6) is 0.737. The molecule has 3 aromatic carbocycles. The highest BCUT2D eigenvalue weighted by Crippen LogP contribution is 2.40. The van der Waals surface area contributed by atoms with Gasteiger partial charge in [-0.1, -0.05) is 73.9 Å². The highest BCUT2D eigenvalue weighted by molar-refractivity contribution is 5.96. The summed E-state index contributed by atoms with van der Waals surface area (Å²) in [6, 6.07) is 26.2. The molecule has 2 heterocycles. The number of benzene rings is 3. The normalized spacial score (nSPS) is 17.2. The monoisotopic (exact) mass is 564 g/mol. The van der Waals surface area contributed by atoms with Gasteiger partial charge in [0.2, 0.25) is 17.8 Å². The lowest BCUT2D eigenvalue weighted by Gasteiger charge is -2.36. The molecular weight excluding hydrogens is 524 g/mol. The largest absolute Gasteiger partial charge is 0.346 e. The molecule has 2 aliphatic rings. The molecule has 42 heavy (non-hydrogen) atoms. The maximum Gasteiger partial charge on any atom is 0.243 e. The molecular formula is C34H40N6O2.